The van der Waals surface area contributed by atoms with Crippen molar-refractivity contribution >= 4 is 24.4 Å². The van der Waals surface area contributed by atoms with Crippen molar-refractivity contribution in [3.05, 3.63) is 58.1 Å². The van der Waals surface area contributed by atoms with E-state index >= 15 is 0 Å². The monoisotopic (exact) mass is 317 g/mol. The molecule has 0 aliphatic rings. The predicted octanol–water partition coefficient (Wildman–Crippen LogP) is 2.91. The summed E-state index contributed by atoms with van der Waals surface area (Å²) in [5.74, 6) is 0. The molecule has 0 saturated carbocycles. The van der Waals surface area contributed by atoms with Crippen LogP contribution in [0.3, 0.4) is 0 Å². The van der Waals surface area contributed by atoms with Crippen molar-refractivity contribution in [1.82, 2.24) is 9.46 Å². The Labute approximate surface area is 119 Å². The van der Waals surface area contributed by atoms with Crippen molar-refractivity contribution in [2.24, 2.45) is 0 Å². The number of hydrogen-bond acceptors (Lipinski definition) is 4. The summed E-state index contributed by atoms with van der Waals surface area (Å²) in [7, 11) is 0. The van der Waals surface area contributed by atoms with Gasteiger partial charge in [-0.1, -0.05) is 36.6 Å². The summed E-state index contributed by atoms with van der Waals surface area (Å²) in [6, 6.07) is 10.3. The first-order chi connectivity index (χ1) is 7.61. The van der Waals surface area contributed by atoms with E-state index in [1.807, 2.05) is 0 Å². The Morgan fingerprint density at radius 3 is 1.29 bits per heavy atom. The molecule has 7 heteroatoms. The van der Waals surface area contributed by atoms with Crippen LogP contribution in [-0.2, 0) is 17.1 Å². The van der Waals surface area contributed by atoms with Crippen LogP contribution in [0.5, 0.6) is 0 Å². The second-order valence-electron chi connectivity index (χ2n) is 2.77. The fourth-order valence-corrected chi connectivity index (χ4v) is 1.12. The molecule has 2 aromatic heterocycles. The van der Waals surface area contributed by atoms with Gasteiger partial charge in [-0.2, -0.15) is 9.46 Å². The van der Waals surface area contributed by atoms with Crippen molar-refractivity contribution in [1.29, 1.82) is 0 Å². The maximum Gasteiger partial charge on any atom is 0.142 e. The van der Waals surface area contributed by atoms with E-state index in [1.165, 1.54) is 12.4 Å². The van der Waals surface area contributed by atoms with E-state index < -0.39 is 0 Å². The minimum Gasteiger partial charge on any atom is -0.428 e. The smallest absolute Gasteiger partial charge is 0.142 e. The van der Waals surface area contributed by atoms with Gasteiger partial charge in [0.2, 0.25) is 0 Å². The Morgan fingerprint density at radius 2 is 1.12 bits per heavy atom. The van der Waals surface area contributed by atoms with Gasteiger partial charge < -0.3 is 10.4 Å². The molecule has 1 radical (unpaired) electrons. The van der Waals surface area contributed by atoms with Crippen LogP contribution in [0, 0.1) is 9.28 Å². The molecule has 0 unspecified atom stereocenters. The van der Waals surface area contributed by atoms with E-state index in [1.54, 1.807) is 36.4 Å². The number of aromatic nitrogens is 2. The van der Waals surface area contributed by atoms with E-state index in [9.17, 15) is 0 Å². The number of nitrogens with zero attached hydrogens (tertiary/aromatic N) is 2. The third kappa shape index (κ3) is 5.65. The molecule has 0 fully saturated rings. The molecule has 2 aromatic rings. The van der Waals surface area contributed by atoms with Crippen LogP contribution in [-0.4, -0.2) is 19.9 Å². The Morgan fingerprint density at radius 1 is 0.765 bits per heavy atom. The largest absolute Gasteiger partial charge is 0.428 e. The van der Waals surface area contributed by atoms with Gasteiger partial charge in [-0.25, -0.2) is 0 Å². The maximum absolute atomic E-state index is 8.73. The predicted molar refractivity (Wildman–Crippen MR) is 64.9 cm³/mol. The summed E-state index contributed by atoms with van der Waals surface area (Å²) in [6.45, 7) is 0. The van der Waals surface area contributed by atoms with Crippen molar-refractivity contribution in [3.63, 3.8) is 0 Å². The SMILES string of the molecule is On1ccccc1=S.On1ccccc1=S.[Cu]. The summed E-state index contributed by atoms with van der Waals surface area (Å²) in [5.41, 5.74) is 0. The number of rotatable bonds is 0. The van der Waals surface area contributed by atoms with Crippen LogP contribution in [0.4, 0.5) is 0 Å². The Balaban J connectivity index is 0.000000284. The van der Waals surface area contributed by atoms with Crippen LogP contribution in [0.25, 0.3) is 0 Å². The zero-order valence-electron chi connectivity index (χ0n) is 8.53. The summed E-state index contributed by atoms with van der Waals surface area (Å²) in [4.78, 5) is 0. The van der Waals surface area contributed by atoms with Gasteiger partial charge in [-0.3, -0.25) is 0 Å². The van der Waals surface area contributed by atoms with E-state index in [4.69, 9.17) is 10.4 Å². The molecule has 0 spiro atoms. The fraction of sp³-hybridized carbons (Fsp3) is 0. The van der Waals surface area contributed by atoms with Gasteiger partial charge in [0.15, 0.2) is 0 Å². The molecular weight excluding hydrogens is 308 g/mol. The van der Waals surface area contributed by atoms with Gasteiger partial charge in [-0.15, -0.1) is 0 Å². The van der Waals surface area contributed by atoms with E-state index in [-0.39, 0.29) is 17.1 Å². The Bertz CT molecular complexity index is 517. The first-order valence-corrected chi connectivity index (χ1v) is 5.17. The van der Waals surface area contributed by atoms with Crippen LogP contribution in [0.2, 0.25) is 0 Å². The molecular formula is C10H10CuN2O2S2. The third-order valence-corrected chi connectivity index (χ3v) is 2.25. The molecule has 0 atom stereocenters. The van der Waals surface area contributed by atoms with Gasteiger partial charge in [0.05, 0.1) is 0 Å². The topological polar surface area (TPSA) is 50.3 Å². The molecule has 17 heavy (non-hydrogen) atoms. The van der Waals surface area contributed by atoms with E-state index in [2.05, 4.69) is 24.4 Å². The molecule has 4 nitrogen and oxygen atoms in total. The normalized spacial score (nSPS) is 8.47. The Hall–Kier alpha value is -1.14. The van der Waals surface area contributed by atoms with E-state index in [0.717, 1.165) is 9.46 Å². The van der Waals surface area contributed by atoms with Crippen LogP contribution in [0.15, 0.2) is 48.8 Å². The van der Waals surface area contributed by atoms with Gasteiger partial charge in [0.1, 0.15) is 9.28 Å². The van der Waals surface area contributed by atoms with Crippen LogP contribution < -0.4 is 0 Å². The second-order valence-corrected chi connectivity index (χ2v) is 3.60. The molecule has 2 N–H and O–H groups in total. The van der Waals surface area contributed by atoms with Gasteiger partial charge >= 0.3 is 0 Å². The molecule has 0 bridgehead atoms. The fourth-order valence-electron chi connectivity index (χ4n) is 0.838. The zero-order valence-corrected chi connectivity index (χ0v) is 11.1. The molecule has 2 heterocycles. The molecule has 0 saturated heterocycles. The summed E-state index contributed by atoms with van der Waals surface area (Å²) in [6.07, 6.45) is 2.98. The van der Waals surface area contributed by atoms with E-state index in [0.29, 0.717) is 9.28 Å². The molecule has 0 aromatic carbocycles. The van der Waals surface area contributed by atoms with Crippen LogP contribution in [0.1, 0.15) is 0 Å². The van der Waals surface area contributed by atoms with Gasteiger partial charge in [-0.05, 0) is 24.3 Å². The standard InChI is InChI=1S/2C5H5NOS.Cu/c2*7-6-4-2-1-3-5(6)8;/h2*1-4,7H;. The first kappa shape index (κ1) is 15.9. The second kappa shape index (κ2) is 8.02. The van der Waals surface area contributed by atoms with Crippen molar-refractivity contribution < 1.29 is 27.5 Å². The quantitative estimate of drug-likeness (QED) is 0.445. The Kier molecular flexibility index (Phi) is 7.49. The van der Waals surface area contributed by atoms with Gasteiger partial charge in [0, 0.05) is 29.5 Å². The number of pyridine rings is 2. The average Bonchev–Trinajstić information content (AvgIpc) is 2.28. The number of hydrogen-bond donors (Lipinski definition) is 2. The van der Waals surface area contributed by atoms with Crippen molar-refractivity contribution in [3.8, 4) is 0 Å². The van der Waals surface area contributed by atoms with Crippen molar-refractivity contribution in [2.75, 3.05) is 0 Å². The minimum absolute atomic E-state index is 0. The molecule has 95 valence electrons. The third-order valence-electron chi connectivity index (χ3n) is 1.61. The minimum atomic E-state index is 0. The summed E-state index contributed by atoms with van der Waals surface area (Å²) < 4.78 is 2.64. The molecule has 0 amide bonds. The average molecular weight is 318 g/mol. The van der Waals surface area contributed by atoms with Crippen molar-refractivity contribution in [2.45, 2.75) is 0 Å². The summed E-state index contributed by atoms with van der Waals surface area (Å²) >= 11 is 9.33. The van der Waals surface area contributed by atoms with Crippen LogP contribution >= 0.6 is 24.4 Å². The molecule has 0 aliphatic heterocycles. The molecule has 2 rings (SSSR count). The zero-order chi connectivity index (χ0) is 12.0. The maximum atomic E-state index is 8.73. The first-order valence-electron chi connectivity index (χ1n) is 4.35. The van der Waals surface area contributed by atoms with Gasteiger partial charge in [0.25, 0.3) is 0 Å². The summed E-state index contributed by atoms with van der Waals surface area (Å²) in [5, 5.41) is 17.5. The molecule has 0 aliphatic carbocycles.